The molecule has 0 aliphatic heterocycles. The van der Waals surface area contributed by atoms with Crippen LogP contribution in [0.5, 0.6) is 5.75 Å². The molecular weight excluding hydrogens is 532 g/mol. The topological polar surface area (TPSA) is 81.9 Å². The van der Waals surface area contributed by atoms with E-state index in [9.17, 15) is 9.18 Å². The second-order valence-electron chi connectivity index (χ2n) is 7.04. The fourth-order valence-electron chi connectivity index (χ4n) is 2.93. The molecule has 2 heterocycles. The Hall–Kier alpha value is -2.92. The van der Waals surface area contributed by atoms with Crippen LogP contribution in [0, 0.1) is 5.82 Å². The normalized spacial score (nSPS) is 10.8. The van der Waals surface area contributed by atoms with Gasteiger partial charge in [0, 0.05) is 28.6 Å². The van der Waals surface area contributed by atoms with Gasteiger partial charge in [-0.25, -0.2) is 9.37 Å². The molecule has 2 aromatic heterocycles. The standard InChI is InChI=1S/C23H18Cl2FN5O2S2/c1-2-9-31-20(11-33-16-7-8-18(26)17(25)10-16)29-30-23(31)35-13-21(32)28-22-27-19(12-34-22)14-3-5-15(24)6-4-14/h2-8,10,12H,1,9,11,13H2,(H,27,28,32). The van der Waals surface area contributed by atoms with E-state index in [1.807, 2.05) is 17.5 Å². The first-order valence-electron chi connectivity index (χ1n) is 10.2. The lowest BCUT2D eigenvalue weighted by atomic mass is 10.2. The van der Waals surface area contributed by atoms with Crippen LogP contribution in [0.2, 0.25) is 10.0 Å². The van der Waals surface area contributed by atoms with E-state index < -0.39 is 5.82 Å². The smallest absolute Gasteiger partial charge is 0.236 e. The van der Waals surface area contributed by atoms with Crippen molar-refractivity contribution < 1.29 is 13.9 Å². The summed E-state index contributed by atoms with van der Waals surface area (Å²) in [4.78, 5) is 17.0. The fraction of sp³-hybridized carbons (Fsp3) is 0.130. The molecule has 0 aliphatic rings. The van der Waals surface area contributed by atoms with E-state index >= 15 is 0 Å². The van der Waals surface area contributed by atoms with Gasteiger partial charge in [-0.05, 0) is 24.3 Å². The molecular formula is C23H18Cl2FN5O2S2. The van der Waals surface area contributed by atoms with Crippen LogP contribution < -0.4 is 10.1 Å². The largest absolute Gasteiger partial charge is 0.486 e. The highest BCUT2D eigenvalue weighted by atomic mass is 35.5. The number of ether oxygens (including phenoxy) is 1. The van der Waals surface area contributed by atoms with Crippen LogP contribution in [-0.2, 0) is 17.9 Å². The van der Waals surface area contributed by atoms with Crippen molar-refractivity contribution in [2.45, 2.75) is 18.3 Å². The molecule has 1 amide bonds. The minimum atomic E-state index is -0.523. The maximum atomic E-state index is 13.3. The number of thiazole rings is 1. The number of halogens is 3. The molecule has 180 valence electrons. The predicted molar refractivity (Wildman–Crippen MR) is 138 cm³/mol. The van der Waals surface area contributed by atoms with Crippen molar-refractivity contribution in [1.29, 1.82) is 0 Å². The molecule has 0 aliphatic carbocycles. The monoisotopic (exact) mass is 549 g/mol. The van der Waals surface area contributed by atoms with Crippen molar-refractivity contribution in [3.8, 4) is 17.0 Å². The Morgan fingerprint density at radius 1 is 1.23 bits per heavy atom. The number of amides is 1. The number of aromatic nitrogens is 4. The SMILES string of the molecule is C=CCn1c(COc2ccc(F)c(Cl)c2)nnc1SCC(=O)Nc1nc(-c2ccc(Cl)cc2)cs1. The van der Waals surface area contributed by atoms with E-state index in [0.717, 1.165) is 11.3 Å². The zero-order valence-electron chi connectivity index (χ0n) is 18.1. The number of carbonyl (C=O) groups excluding carboxylic acids is 1. The van der Waals surface area contributed by atoms with Crippen LogP contribution in [0.25, 0.3) is 11.3 Å². The van der Waals surface area contributed by atoms with Gasteiger partial charge in [0.05, 0.1) is 16.5 Å². The van der Waals surface area contributed by atoms with Gasteiger partial charge in [0.2, 0.25) is 5.91 Å². The van der Waals surface area contributed by atoms with E-state index in [1.165, 1.54) is 41.3 Å². The molecule has 0 fully saturated rings. The number of benzene rings is 2. The molecule has 4 rings (SSSR count). The van der Waals surface area contributed by atoms with Crippen molar-refractivity contribution in [1.82, 2.24) is 19.7 Å². The van der Waals surface area contributed by atoms with Gasteiger partial charge in [-0.3, -0.25) is 9.36 Å². The average Bonchev–Trinajstić information content (AvgIpc) is 3.46. The number of nitrogens with zero attached hydrogens (tertiary/aromatic N) is 4. The van der Waals surface area contributed by atoms with Gasteiger partial charge >= 0.3 is 0 Å². The molecule has 35 heavy (non-hydrogen) atoms. The Morgan fingerprint density at radius 3 is 2.77 bits per heavy atom. The van der Waals surface area contributed by atoms with Crippen molar-refractivity contribution >= 4 is 57.3 Å². The van der Waals surface area contributed by atoms with Crippen molar-refractivity contribution in [3.63, 3.8) is 0 Å². The number of hydrogen-bond acceptors (Lipinski definition) is 7. The van der Waals surface area contributed by atoms with Crippen molar-refractivity contribution in [2.75, 3.05) is 11.1 Å². The second-order valence-corrected chi connectivity index (χ2v) is 9.69. The van der Waals surface area contributed by atoms with Gasteiger partial charge in [0.15, 0.2) is 16.1 Å². The summed E-state index contributed by atoms with van der Waals surface area (Å²) >= 11 is 14.3. The molecule has 0 atom stereocenters. The molecule has 0 saturated heterocycles. The third-order valence-electron chi connectivity index (χ3n) is 4.59. The molecule has 0 spiro atoms. The van der Waals surface area contributed by atoms with Crippen molar-refractivity contribution in [3.05, 3.63) is 82.2 Å². The van der Waals surface area contributed by atoms with E-state index in [4.69, 9.17) is 27.9 Å². The lowest BCUT2D eigenvalue weighted by Crippen LogP contribution is -2.15. The van der Waals surface area contributed by atoms with Gasteiger partial charge in [-0.2, -0.15) is 0 Å². The first-order chi connectivity index (χ1) is 16.9. The number of carbonyl (C=O) groups is 1. The summed E-state index contributed by atoms with van der Waals surface area (Å²) in [6.45, 7) is 4.27. The number of rotatable bonds is 10. The van der Waals surface area contributed by atoms with E-state index in [-0.39, 0.29) is 23.3 Å². The van der Waals surface area contributed by atoms with Crippen LogP contribution in [0.3, 0.4) is 0 Å². The van der Waals surface area contributed by atoms with Gasteiger partial charge in [-0.1, -0.05) is 53.2 Å². The lowest BCUT2D eigenvalue weighted by Gasteiger charge is -2.09. The second kappa shape index (κ2) is 11.7. The summed E-state index contributed by atoms with van der Waals surface area (Å²) < 4.78 is 20.8. The zero-order chi connectivity index (χ0) is 24.8. The fourth-order valence-corrected chi connectivity index (χ4v) is 4.73. The first-order valence-corrected chi connectivity index (χ1v) is 12.8. The molecule has 0 saturated carbocycles. The summed E-state index contributed by atoms with van der Waals surface area (Å²) in [5.41, 5.74) is 1.67. The number of hydrogen-bond donors (Lipinski definition) is 1. The molecule has 0 bridgehead atoms. The van der Waals surface area contributed by atoms with E-state index in [1.54, 1.807) is 22.8 Å². The maximum Gasteiger partial charge on any atom is 0.236 e. The van der Waals surface area contributed by atoms with Gasteiger partial charge < -0.3 is 10.1 Å². The summed E-state index contributed by atoms with van der Waals surface area (Å²) in [5.74, 6) is 0.295. The molecule has 1 N–H and O–H groups in total. The predicted octanol–water partition coefficient (Wildman–Crippen LogP) is 6.34. The minimum Gasteiger partial charge on any atom is -0.486 e. The highest BCUT2D eigenvalue weighted by Crippen LogP contribution is 2.27. The van der Waals surface area contributed by atoms with E-state index in [2.05, 4.69) is 27.1 Å². The van der Waals surface area contributed by atoms with Gasteiger partial charge in [-0.15, -0.1) is 28.1 Å². The zero-order valence-corrected chi connectivity index (χ0v) is 21.2. The molecule has 0 unspecified atom stereocenters. The lowest BCUT2D eigenvalue weighted by molar-refractivity contribution is -0.113. The number of anilines is 1. The average molecular weight is 550 g/mol. The van der Waals surface area contributed by atoms with E-state index in [0.29, 0.717) is 33.4 Å². The van der Waals surface area contributed by atoms with Crippen LogP contribution in [0.1, 0.15) is 5.82 Å². The van der Waals surface area contributed by atoms with Gasteiger partial charge in [0.1, 0.15) is 18.2 Å². The summed E-state index contributed by atoms with van der Waals surface area (Å²) in [6, 6.07) is 11.4. The molecule has 7 nitrogen and oxygen atoms in total. The molecule has 4 aromatic rings. The van der Waals surface area contributed by atoms with Gasteiger partial charge in [0.25, 0.3) is 0 Å². The summed E-state index contributed by atoms with van der Waals surface area (Å²) in [7, 11) is 0. The Labute approximate surface area is 219 Å². The third kappa shape index (κ3) is 6.61. The first kappa shape index (κ1) is 25.2. The number of thioether (sulfide) groups is 1. The highest BCUT2D eigenvalue weighted by molar-refractivity contribution is 7.99. The van der Waals surface area contributed by atoms with Crippen LogP contribution >= 0.6 is 46.3 Å². The maximum absolute atomic E-state index is 13.3. The minimum absolute atomic E-state index is 0.0298. The molecule has 2 aromatic carbocycles. The Morgan fingerprint density at radius 2 is 2.03 bits per heavy atom. The molecule has 12 heteroatoms. The van der Waals surface area contributed by atoms with Crippen LogP contribution in [-0.4, -0.2) is 31.4 Å². The highest BCUT2D eigenvalue weighted by Gasteiger charge is 2.15. The third-order valence-corrected chi connectivity index (χ3v) is 6.85. The number of allylic oxidation sites excluding steroid dienone is 1. The Balaban J connectivity index is 1.35. The quantitative estimate of drug-likeness (QED) is 0.183. The molecule has 0 radical (unpaired) electrons. The van der Waals surface area contributed by atoms with Crippen molar-refractivity contribution in [2.24, 2.45) is 0 Å². The Kier molecular flexibility index (Phi) is 8.40. The van der Waals surface area contributed by atoms with Crippen LogP contribution in [0.15, 0.2) is 65.7 Å². The van der Waals surface area contributed by atoms with Crippen LogP contribution in [0.4, 0.5) is 9.52 Å². The Bertz CT molecular complexity index is 1340. The summed E-state index contributed by atoms with van der Waals surface area (Å²) in [6.07, 6.45) is 1.69. The number of nitrogens with one attached hydrogen (secondary N) is 1. The summed E-state index contributed by atoms with van der Waals surface area (Å²) in [5, 5.41) is 14.7.